The zero-order valence-corrected chi connectivity index (χ0v) is 22.6. The molecule has 216 valence electrons. The second-order valence-electron chi connectivity index (χ2n) is 11.5. The normalized spacial score (nSPS) is 23.5. The van der Waals surface area contributed by atoms with Gasteiger partial charge >= 0.3 is 0 Å². The molecule has 0 unspecified atom stereocenters. The van der Waals surface area contributed by atoms with Crippen LogP contribution in [-0.2, 0) is 33.3 Å². The Hall–Kier alpha value is -4.98. The molecule has 0 fully saturated rings. The zero-order valence-electron chi connectivity index (χ0n) is 22.6. The summed E-state index contributed by atoms with van der Waals surface area (Å²) in [4.78, 5) is 25.4. The summed E-state index contributed by atoms with van der Waals surface area (Å²) in [6.45, 7) is 2.12. The molecule has 2 spiro atoms. The Morgan fingerprint density at radius 3 is 1.44 bits per heavy atom. The predicted molar refractivity (Wildman–Crippen MR) is 161 cm³/mol. The maximum Gasteiger partial charge on any atom is 0.243 e. The third-order valence-electron chi connectivity index (χ3n) is 9.44. The standard InChI is InChI=1S/2C17H13NO3.CH4/c2*19-16-17(11-3-1-2-4-13(11)18-16)9-21-15-8-14-10(5-6-20-14)7-12(15)17;/h2*1-4,7-8H,5-6,9H2,(H,18,19);1H4/t2*17-;/m10./s1. The number of ether oxygens (including phenoxy) is 4. The first-order valence-electron chi connectivity index (χ1n) is 14.3. The van der Waals surface area contributed by atoms with Crippen LogP contribution in [0, 0.1) is 0 Å². The molecule has 0 saturated carbocycles. The van der Waals surface area contributed by atoms with Crippen molar-refractivity contribution < 1.29 is 28.5 Å². The Balaban J connectivity index is 0.000000126. The van der Waals surface area contributed by atoms with E-state index < -0.39 is 10.8 Å². The maximum atomic E-state index is 12.7. The van der Waals surface area contributed by atoms with Crippen LogP contribution in [0.15, 0.2) is 72.8 Å². The van der Waals surface area contributed by atoms with Gasteiger partial charge in [-0.3, -0.25) is 9.59 Å². The van der Waals surface area contributed by atoms with E-state index in [-0.39, 0.29) is 19.2 Å². The number of nitrogens with one attached hydrogen (secondary N) is 2. The molecule has 0 aromatic heterocycles. The topological polar surface area (TPSA) is 95.1 Å². The number of anilines is 2. The molecule has 0 bridgehead atoms. The Kier molecular flexibility index (Phi) is 5.39. The van der Waals surface area contributed by atoms with Crippen LogP contribution in [0.2, 0.25) is 0 Å². The van der Waals surface area contributed by atoms with Crippen LogP contribution < -0.4 is 29.6 Å². The van der Waals surface area contributed by atoms with Crippen molar-refractivity contribution in [1.82, 2.24) is 0 Å². The van der Waals surface area contributed by atoms with E-state index in [1.807, 2.05) is 60.7 Å². The fourth-order valence-corrected chi connectivity index (χ4v) is 7.30. The van der Waals surface area contributed by atoms with E-state index in [4.69, 9.17) is 18.9 Å². The number of para-hydroxylation sites is 2. The lowest BCUT2D eigenvalue weighted by atomic mass is 9.76. The van der Waals surface area contributed by atoms with E-state index in [2.05, 4.69) is 22.8 Å². The molecule has 2 N–H and O–H groups in total. The first-order chi connectivity index (χ1) is 20.6. The van der Waals surface area contributed by atoms with Crippen molar-refractivity contribution >= 4 is 23.2 Å². The minimum absolute atomic E-state index is 0. The van der Waals surface area contributed by atoms with E-state index in [1.54, 1.807) is 0 Å². The lowest BCUT2D eigenvalue weighted by Gasteiger charge is -2.20. The summed E-state index contributed by atoms with van der Waals surface area (Å²) in [6, 6.07) is 23.7. The van der Waals surface area contributed by atoms with Gasteiger partial charge in [0, 0.05) is 47.5 Å². The van der Waals surface area contributed by atoms with Gasteiger partial charge in [-0.15, -0.1) is 0 Å². The minimum atomic E-state index is -0.705. The number of fused-ring (bicyclic) bond motifs is 10. The largest absolute Gasteiger partial charge is 0.493 e. The third-order valence-corrected chi connectivity index (χ3v) is 9.44. The van der Waals surface area contributed by atoms with Crippen LogP contribution in [0.4, 0.5) is 11.4 Å². The summed E-state index contributed by atoms with van der Waals surface area (Å²) >= 11 is 0. The highest BCUT2D eigenvalue weighted by Crippen LogP contribution is 2.53. The lowest BCUT2D eigenvalue weighted by Crippen LogP contribution is -2.37. The first-order valence-corrected chi connectivity index (χ1v) is 14.3. The van der Waals surface area contributed by atoms with Crippen LogP contribution in [0.5, 0.6) is 23.0 Å². The van der Waals surface area contributed by atoms with Crippen molar-refractivity contribution in [1.29, 1.82) is 0 Å². The summed E-state index contributed by atoms with van der Waals surface area (Å²) in [5.41, 5.74) is 6.63. The Bertz CT molecular complexity index is 1730. The van der Waals surface area contributed by atoms with Gasteiger partial charge < -0.3 is 29.6 Å². The van der Waals surface area contributed by atoms with Crippen LogP contribution in [0.3, 0.4) is 0 Å². The number of hydrogen-bond donors (Lipinski definition) is 2. The van der Waals surface area contributed by atoms with Gasteiger partial charge in [0.1, 0.15) is 47.0 Å². The van der Waals surface area contributed by atoms with E-state index in [0.717, 1.165) is 80.6 Å². The Labute approximate surface area is 248 Å². The summed E-state index contributed by atoms with van der Waals surface area (Å²) in [7, 11) is 0. The molecule has 43 heavy (non-hydrogen) atoms. The van der Waals surface area contributed by atoms with Crippen LogP contribution in [-0.4, -0.2) is 38.2 Å². The number of rotatable bonds is 0. The molecular formula is C35H30N2O6. The van der Waals surface area contributed by atoms with Crippen molar-refractivity contribution in [2.45, 2.75) is 31.1 Å². The van der Waals surface area contributed by atoms with E-state index in [0.29, 0.717) is 26.4 Å². The van der Waals surface area contributed by atoms with Gasteiger partial charge in [0.15, 0.2) is 0 Å². The molecular weight excluding hydrogens is 544 g/mol. The molecule has 6 aliphatic heterocycles. The van der Waals surface area contributed by atoms with Gasteiger partial charge in [0.2, 0.25) is 11.8 Å². The van der Waals surface area contributed by atoms with Crippen molar-refractivity contribution in [3.05, 3.63) is 106 Å². The number of hydrogen-bond acceptors (Lipinski definition) is 6. The molecule has 6 heterocycles. The van der Waals surface area contributed by atoms with E-state index in [9.17, 15) is 9.59 Å². The molecule has 2 amide bonds. The lowest BCUT2D eigenvalue weighted by molar-refractivity contribution is -0.120. The summed E-state index contributed by atoms with van der Waals surface area (Å²) in [5, 5.41) is 5.98. The van der Waals surface area contributed by atoms with E-state index >= 15 is 0 Å². The van der Waals surface area contributed by atoms with Crippen LogP contribution in [0.1, 0.15) is 40.8 Å². The van der Waals surface area contributed by atoms with Gasteiger partial charge in [0.05, 0.1) is 13.2 Å². The fourth-order valence-electron chi connectivity index (χ4n) is 7.30. The summed E-state index contributed by atoms with van der Waals surface area (Å²) in [6.07, 6.45) is 1.78. The van der Waals surface area contributed by atoms with Gasteiger partial charge in [-0.25, -0.2) is 0 Å². The average Bonchev–Trinajstić information content (AvgIpc) is 3.85. The Morgan fingerprint density at radius 2 is 0.977 bits per heavy atom. The van der Waals surface area contributed by atoms with Gasteiger partial charge in [-0.2, -0.15) is 0 Å². The van der Waals surface area contributed by atoms with Crippen molar-refractivity contribution in [3.63, 3.8) is 0 Å². The highest BCUT2D eigenvalue weighted by atomic mass is 16.5. The molecule has 8 heteroatoms. The molecule has 0 saturated heterocycles. The number of benzene rings is 4. The summed E-state index contributed by atoms with van der Waals surface area (Å²) < 4.78 is 22.9. The minimum Gasteiger partial charge on any atom is -0.493 e. The molecule has 8 nitrogen and oxygen atoms in total. The van der Waals surface area contributed by atoms with Crippen molar-refractivity contribution in [2.24, 2.45) is 0 Å². The number of amides is 2. The van der Waals surface area contributed by atoms with Crippen LogP contribution >= 0.6 is 0 Å². The molecule has 2 atom stereocenters. The molecule has 6 aliphatic rings. The van der Waals surface area contributed by atoms with Gasteiger partial charge in [0.25, 0.3) is 0 Å². The third kappa shape index (κ3) is 3.32. The average molecular weight is 575 g/mol. The van der Waals surface area contributed by atoms with Crippen LogP contribution in [0.25, 0.3) is 0 Å². The van der Waals surface area contributed by atoms with E-state index in [1.165, 1.54) is 0 Å². The number of carbonyl (C=O) groups is 2. The number of carbonyl (C=O) groups excluding carboxylic acids is 2. The second kappa shape index (κ2) is 9.01. The SMILES string of the molecule is C.O=C1Nc2ccccc2[C@@]12COc1cc3c(cc12)CCO3.O=C1Nc2ccccc2[C@]12COc1cc3c(cc12)CCO3. The monoisotopic (exact) mass is 574 g/mol. The molecule has 4 aromatic carbocycles. The first kappa shape index (κ1) is 25.7. The summed E-state index contributed by atoms with van der Waals surface area (Å²) in [5.74, 6) is 3.31. The highest BCUT2D eigenvalue weighted by Gasteiger charge is 2.55. The fraction of sp³-hybridized carbons (Fsp3) is 0.257. The zero-order chi connectivity index (χ0) is 28.1. The second-order valence-corrected chi connectivity index (χ2v) is 11.5. The molecule has 0 aliphatic carbocycles. The predicted octanol–water partition coefficient (Wildman–Crippen LogP) is 5.14. The molecule has 4 aromatic rings. The highest BCUT2D eigenvalue weighted by molar-refractivity contribution is 6.10. The Morgan fingerprint density at radius 1 is 0.535 bits per heavy atom. The van der Waals surface area contributed by atoms with Crippen molar-refractivity contribution in [3.8, 4) is 23.0 Å². The molecule has 10 rings (SSSR count). The maximum absolute atomic E-state index is 12.7. The quantitative estimate of drug-likeness (QED) is 0.302. The molecule has 0 radical (unpaired) electrons. The smallest absolute Gasteiger partial charge is 0.243 e. The van der Waals surface area contributed by atoms with Gasteiger partial charge in [-0.05, 0) is 46.5 Å². The van der Waals surface area contributed by atoms with Crippen molar-refractivity contribution in [2.75, 3.05) is 37.1 Å². The van der Waals surface area contributed by atoms with Gasteiger partial charge in [-0.1, -0.05) is 43.8 Å².